The number of amides is 1. The van der Waals surface area contributed by atoms with Gasteiger partial charge in [0.25, 0.3) is 11.5 Å². The molecule has 0 aliphatic carbocycles. The fraction of sp³-hybridized carbons (Fsp3) is 0.250. The fourth-order valence-electron chi connectivity index (χ4n) is 3.40. The Morgan fingerprint density at radius 2 is 2.00 bits per heavy atom. The van der Waals surface area contributed by atoms with Crippen LogP contribution in [-0.4, -0.2) is 27.1 Å². The number of hydrogen-bond acceptors (Lipinski definition) is 4. The van der Waals surface area contributed by atoms with E-state index in [1.165, 1.54) is 22.4 Å². The molecule has 0 radical (unpaired) electrons. The summed E-state index contributed by atoms with van der Waals surface area (Å²) in [7, 11) is 0. The highest BCUT2D eigenvalue weighted by Gasteiger charge is 2.31. The standard InChI is InChI=1S/C20H19N3O2S/c24-19-9-8-17(21-23(19)13-15-5-2-1-3-6-15)20(25)22-11-4-7-18(22)16-10-12-26-14-16/h1-3,5-6,8-10,12,14,18H,4,7,11,13H2/t18-/m1/s1. The van der Waals surface area contributed by atoms with Crippen LogP contribution in [0.15, 0.2) is 64.1 Å². The van der Waals surface area contributed by atoms with Gasteiger partial charge in [-0.05, 0) is 46.9 Å². The first-order chi connectivity index (χ1) is 12.7. The highest BCUT2D eigenvalue weighted by molar-refractivity contribution is 7.08. The van der Waals surface area contributed by atoms with Gasteiger partial charge in [0.15, 0.2) is 0 Å². The summed E-state index contributed by atoms with van der Waals surface area (Å²) >= 11 is 1.64. The minimum absolute atomic E-state index is 0.102. The molecule has 6 heteroatoms. The van der Waals surface area contributed by atoms with Crippen LogP contribution >= 0.6 is 11.3 Å². The van der Waals surface area contributed by atoms with Crippen molar-refractivity contribution in [3.63, 3.8) is 0 Å². The number of carbonyl (C=O) groups is 1. The van der Waals surface area contributed by atoms with Gasteiger partial charge in [-0.1, -0.05) is 30.3 Å². The van der Waals surface area contributed by atoms with Crippen LogP contribution in [0.3, 0.4) is 0 Å². The molecule has 2 aromatic heterocycles. The Labute approximate surface area is 155 Å². The van der Waals surface area contributed by atoms with Crippen LogP contribution in [0, 0.1) is 0 Å². The molecule has 5 nitrogen and oxygen atoms in total. The topological polar surface area (TPSA) is 55.2 Å². The fourth-order valence-corrected chi connectivity index (χ4v) is 4.11. The molecule has 4 rings (SSSR count). The van der Waals surface area contributed by atoms with E-state index in [9.17, 15) is 9.59 Å². The Hall–Kier alpha value is -2.73. The Balaban J connectivity index is 1.60. The lowest BCUT2D eigenvalue weighted by Gasteiger charge is -2.24. The molecular weight excluding hydrogens is 346 g/mol. The molecule has 0 bridgehead atoms. The molecule has 1 saturated heterocycles. The van der Waals surface area contributed by atoms with Crippen LogP contribution < -0.4 is 5.56 Å². The maximum absolute atomic E-state index is 13.0. The van der Waals surface area contributed by atoms with Crippen molar-refractivity contribution < 1.29 is 4.79 Å². The minimum atomic E-state index is -0.207. The van der Waals surface area contributed by atoms with Crippen molar-refractivity contribution in [1.29, 1.82) is 0 Å². The molecule has 3 heterocycles. The van der Waals surface area contributed by atoms with Crippen LogP contribution in [0.4, 0.5) is 0 Å². The molecule has 3 aromatic rings. The molecule has 0 spiro atoms. The van der Waals surface area contributed by atoms with Crippen LogP contribution in [0.2, 0.25) is 0 Å². The third-order valence-corrected chi connectivity index (χ3v) is 5.40. The van der Waals surface area contributed by atoms with Crippen molar-refractivity contribution in [3.05, 3.63) is 86.5 Å². The number of hydrogen-bond donors (Lipinski definition) is 0. The maximum atomic E-state index is 13.0. The third kappa shape index (κ3) is 3.32. The van der Waals surface area contributed by atoms with Crippen molar-refractivity contribution in [2.75, 3.05) is 6.54 Å². The summed E-state index contributed by atoms with van der Waals surface area (Å²) in [5.41, 5.74) is 2.27. The second-order valence-corrected chi connectivity index (χ2v) is 7.19. The van der Waals surface area contributed by atoms with Gasteiger partial charge in [-0.3, -0.25) is 9.59 Å². The van der Waals surface area contributed by atoms with Crippen LogP contribution in [0.1, 0.15) is 40.5 Å². The van der Waals surface area contributed by atoms with E-state index in [2.05, 4.69) is 16.5 Å². The largest absolute Gasteiger partial charge is 0.330 e. The molecule has 0 N–H and O–H groups in total. The van der Waals surface area contributed by atoms with Gasteiger partial charge in [-0.15, -0.1) is 0 Å². The van der Waals surface area contributed by atoms with Gasteiger partial charge >= 0.3 is 0 Å². The molecule has 1 aliphatic rings. The number of likely N-dealkylation sites (tertiary alicyclic amines) is 1. The first kappa shape index (κ1) is 16.7. The van der Waals surface area contributed by atoms with Gasteiger partial charge in [-0.25, -0.2) is 4.68 Å². The van der Waals surface area contributed by atoms with Crippen LogP contribution in [0.5, 0.6) is 0 Å². The number of rotatable bonds is 4. The van der Waals surface area contributed by atoms with E-state index >= 15 is 0 Å². The van der Waals surface area contributed by atoms with Crippen LogP contribution in [0.25, 0.3) is 0 Å². The average molecular weight is 365 g/mol. The van der Waals surface area contributed by atoms with Crippen LogP contribution in [-0.2, 0) is 6.54 Å². The van der Waals surface area contributed by atoms with Crippen molar-refractivity contribution in [2.24, 2.45) is 0 Å². The molecule has 0 unspecified atom stereocenters. The van der Waals surface area contributed by atoms with Gasteiger partial charge in [0.2, 0.25) is 0 Å². The van der Waals surface area contributed by atoms with E-state index in [1.54, 1.807) is 11.3 Å². The summed E-state index contributed by atoms with van der Waals surface area (Å²) in [5, 5.41) is 8.48. The molecule has 1 aromatic carbocycles. The lowest BCUT2D eigenvalue weighted by Crippen LogP contribution is -2.33. The number of nitrogens with zero attached hydrogens (tertiary/aromatic N) is 3. The zero-order chi connectivity index (χ0) is 17.9. The van der Waals surface area contributed by atoms with E-state index in [0.717, 1.165) is 24.9 Å². The molecule has 1 aliphatic heterocycles. The molecular formula is C20H19N3O2S. The SMILES string of the molecule is O=C(c1ccc(=O)n(Cc2ccccc2)n1)N1CCC[C@@H]1c1ccsc1. The number of carbonyl (C=O) groups excluding carboxylic acids is 1. The smallest absolute Gasteiger partial charge is 0.274 e. The zero-order valence-corrected chi connectivity index (χ0v) is 15.1. The first-order valence-corrected chi connectivity index (χ1v) is 9.62. The summed E-state index contributed by atoms with van der Waals surface area (Å²) in [5.74, 6) is -0.111. The summed E-state index contributed by atoms with van der Waals surface area (Å²) in [6.45, 7) is 1.08. The molecule has 1 amide bonds. The molecule has 1 atom stereocenters. The highest BCUT2D eigenvalue weighted by Crippen LogP contribution is 2.33. The predicted molar refractivity (Wildman–Crippen MR) is 101 cm³/mol. The van der Waals surface area contributed by atoms with E-state index in [1.807, 2.05) is 40.6 Å². The Morgan fingerprint density at radius 3 is 2.77 bits per heavy atom. The van der Waals surface area contributed by atoms with Crippen molar-refractivity contribution in [1.82, 2.24) is 14.7 Å². The summed E-state index contributed by atoms with van der Waals surface area (Å²) in [6.07, 6.45) is 1.95. The molecule has 26 heavy (non-hydrogen) atoms. The van der Waals surface area contributed by atoms with E-state index < -0.39 is 0 Å². The van der Waals surface area contributed by atoms with Crippen molar-refractivity contribution >= 4 is 17.2 Å². The van der Waals surface area contributed by atoms with Gasteiger partial charge in [0, 0.05) is 12.6 Å². The molecule has 1 fully saturated rings. The van der Waals surface area contributed by atoms with Gasteiger partial charge in [0.05, 0.1) is 12.6 Å². The van der Waals surface area contributed by atoms with Gasteiger partial charge in [-0.2, -0.15) is 16.4 Å². The second-order valence-electron chi connectivity index (χ2n) is 6.41. The van der Waals surface area contributed by atoms with Crippen molar-refractivity contribution in [3.8, 4) is 0 Å². The normalized spacial score (nSPS) is 16.8. The lowest BCUT2D eigenvalue weighted by molar-refractivity contribution is 0.0727. The highest BCUT2D eigenvalue weighted by atomic mass is 32.1. The molecule has 132 valence electrons. The van der Waals surface area contributed by atoms with E-state index in [4.69, 9.17) is 0 Å². The maximum Gasteiger partial charge on any atom is 0.274 e. The Bertz CT molecular complexity index is 951. The van der Waals surface area contributed by atoms with E-state index in [0.29, 0.717) is 12.2 Å². The van der Waals surface area contributed by atoms with Crippen molar-refractivity contribution in [2.45, 2.75) is 25.4 Å². The second kappa shape index (κ2) is 7.25. The summed E-state index contributed by atoms with van der Waals surface area (Å²) in [6, 6.07) is 14.8. The quantitative estimate of drug-likeness (QED) is 0.713. The number of thiophene rings is 1. The Kier molecular flexibility index (Phi) is 4.67. The van der Waals surface area contributed by atoms with E-state index in [-0.39, 0.29) is 17.5 Å². The Morgan fingerprint density at radius 1 is 1.15 bits per heavy atom. The number of aromatic nitrogens is 2. The summed E-state index contributed by atoms with van der Waals surface area (Å²) < 4.78 is 1.36. The first-order valence-electron chi connectivity index (χ1n) is 8.67. The lowest BCUT2D eigenvalue weighted by atomic mass is 10.1. The summed E-state index contributed by atoms with van der Waals surface area (Å²) in [4.78, 5) is 27.0. The predicted octanol–water partition coefficient (Wildman–Crippen LogP) is 3.33. The average Bonchev–Trinajstić information content (AvgIpc) is 3.35. The van der Waals surface area contributed by atoms with Gasteiger partial charge in [0.1, 0.15) is 5.69 Å². The van der Waals surface area contributed by atoms with Gasteiger partial charge < -0.3 is 4.90 Å². The minimum Gasteiger partial charge on any atom is -0.330 e. The zero-order valence-electron chi connectivity index (χ0n) is 14.2. The third-order valence-electron chi connectivity index (χ3n) is 4.70. The molecule has 0 saturated carbocycles. The number of benzene rings is 1. The monoisotopic (exact) mass is 365 g/mol.